The van der Waals surface area contributed by atoms with Crippen molar-refractivity contribution in [3.05, 3.63) is 59.9 Å². The smallest absolute Gasteiger partial charge is 0.242 e. The highest BCUT2D eigenvalue weighted by Gasteiger charge is 2.15. The molecule has 0 bridgehead atoms. The fourth-order valence-corrected chi connectivity index (χ4v) is 2.26. The van der Waals surface area contributed by atoms with E-state index in [-0.39, 0.29) is 18.2 Å². The van der Waals surface area contributed by atoms with Gasteiger partial charge >= 0.3 is 0 Å². The van der Waals surface area contributed by atoms with E-state index in [4.69, 9.17) is 4.74 Å². The van der Waals surface area contributed by atoms with Crippen LogP contribution in [0.25, 0.3) is 0 Å². The molecule has 1 heterocycles. The third kappa shape index (κ3) is 6.25. The Balaban J connectivity index is 1.77. The van der Waals surface area contributed by atoms with Crippen LogP contribution in [0.3, 0.4) is 0 Å². The summed E-state index contributed by atoms with van der Waals surface area (Å²) in [5.41, 5.74) is 1.77. The van der Waals surface area contributed by atoms with Crippen LogP contribution in [-0.2, 0) is 22.6 Å². The van der Waals surface area contributed by atoms with Crippen molar-refractivity contribution in [3.63, 3.8) is 0 Å². The lowest BCUT2D eigenvalue weighted by Crippen LogP contribution is -2.45. The van der Waals surface area contributed by atoms with Gasteiger partial charge < -0.3 is 15.4 Å². The molecule has 0 saturated carbocycles. The molecule has 1 atom stereocenters. The number of hydrogen-bond acceptors (Lipinski definition) is 4. The van der Waals surface area contributed by atoms with Gasteiger partial charge in [-0.25, -0.2) is 0 Å². The topological polar surface area (TPSA) is 80.3 Å². The van der Waals surface area contributed by atoms with Crippen LogP contribution in [0, 0.1) is 0 Å². The summed E-state index contributed by atoms with van der Waals surface area (Å²) in [6.07, 6.45) is 3.58. The van der Waals surface area contributed by atoms with Crippen LogP contribution in [0.5, 0.6) is 5.75 Å². The van der Waals surface area contributed by atoms with E-state index < -0.39 is 6.04 Å². The van der Waals surface area contributed by atoms with E-state index in [2.05, 4.69) is 15.6 Å². The van der Waals surface area contributed by atoms with Gasteiger partial charge in [0.25, 0.3) is 0 Å². The average Bonchev–Trinajstić information content (AvgIpc) is 2.62. The second-order valence-corrected chi connectivity index (χ2v) is 5.62. The Morgan fingerprint density at radius 1 is 1.16 bits per heavy atom. The van der Waals surface area contributed by atoms with Crippen LogP contribution in [-0.4, -0.2) is 29.4 Å². The molecule has 0 unspecified atom stereocenters. The van der Waals surface area contributed by atoms with Crippen LogP contribution >= 0.6 is 0 Å². The molecule has 0 fully saturated rings. The van der Waals surface area contributed by atoms with Crippen LogP contribution < -0.4 is 15.4 Å². The quantitative estimate of drug-likeness (QED) is 0.768. The Morgan fingerprint density at radius 2 is 1.92 bits per heavy atom. The molecule has 1 aromatic carbocycles. The Bertz CT molecular complexity index is 687. The summed E-state index contributed by atoms with van der Waals surface area (Å²) in [7, 11) is 0. The van der Waals surface area contributed by atoms with Crippen molar-refractivity contribution in [2.75, 3.05) is 6.61 Å². The first-order valence-corrected chi connectivity index (χ1v) is 8.26. The molecule has 0 saturated heterocycles. The van der Waals surface area contributed by atoms with Crippen LogP contribution in [0.4, 0.5) is 0 Å². The number of ether oxygens (including phenoxy) is 1. The lowest BCUT2D eigenvalue weighted by molar-refractivity contribution is -0.128. The van der Waals surface area contributed by atoms with E-state index in [1.165, 1.54) is 0 Å². The number of carbonyl (C=O) groups is 2. The zero-order chi connectivity index (χ0) is 18.1. The van der Waals surface area contributed by atoms with Crippen LogP contribution in [0.1, 0.15) is 25.0 Å². The van der Waals surface area contributed by atoms with Crippen molar-refractivity contribution in [1.82, 2.24) is 15.6 Å². The number of rotatable bonds is 8. The molecule has 0 aliphatic rings. The van der Waals surface area contributed by atoms with E-state index >= 15 is 0 Å². The molecule has 0 spiro atoms. The van der Waals surface area contributed by atoms with Gasteiger partial charge in [0.15, 0.2) is 0 Å². The molecule has 2 N–H and O–H groups in total. The Kier molecular flexibility index (Phi) is 6.95. The second kappa shape index (κ2) is 9.42. The van der Waals surface area contributed by atoms with Crippen molar-refractivity contribution >= 4 is 11.8 Å². The zero-order valence-electron chi connectivity index (χ0n) is 14.5. The Hall–Kier alpha value is -2.89. The molecule has 0 radical (unpaired) electrons. The van der Waals surface area contributed by atoms with E-state index in [1.54, 1.807) is 19.3 Å². The molecule has 0 aliphatic heterocycles. The highest BCUT2D eigenvalue weighted by molar-refractivity contribution is 5.88. The molecule has 6 nitrogen and oxygen atoms in total. The van der Waals surface area contributed by atoms with Gasteiger partial charge in [0.1, 0.15) is 11.8 Å². The van der Waals surface area contributed by atoms with Crippen molar-refractivity contribution in [2.24, 2.45) is 0 Å². The highest BCUT2D eigenvalue weighted by atomic mass is 16.5. The lowest BCUT2D eigenvalue weighted by atomic mass is 10.1. The minimum atomic E-state index is -0.605. The minimum absolute atomic E-state index is 0.201. The molecule has 6 heteroatoms. The monoisotopic (exact) mass is 341 g/mol. The number of benzene rings is 1. The van der Waals surface area contributed by atoms with Gasteiger partial charge in [-0.1, -0.05) is 18.2 Å². The predicted molar refractivity (Wildman–Crippen MR) is 95.0 cm³/mol. The average molecular weight is 341 g/mol. The van der Waals surface area contributed by atoms with Crippen LogP contribution in [0.2, 0.25) is 0 Å². The number of carbonyl (C=O) groups excluding carboxylic acids is 2. The van der Waals surface area contributed by atoms with Crippen molar-refractivity contribution < 1.29 is 14.3 Å². The fourth-order valence-electron chi connectivity index (χ4n) is 2.26. The van der Waals surface area contributed by atoms with E-state index in [0.717, 1.165) is 16.9 Å². The lowest BCUT2D eigenvalue weighted by Gasteiger charge is -2.14. The summed E-state index contributed by atoms with van der Waals surface area (Å²) in [4.78, 5) is 28.1. The molecular weight excluding hydrogens is 318 g/mol. The second-order valence-electron chi connectivity index (χ2n) is 5.62. The number of pyridine rings is 1. The van der Waals surface area contributed by atoms with E-state index in [0.29, 0.717) is 13.2 Å². The standard InChI is InChI=1S/C19H23N3O3/c1-3-25-17-8-6-15(7-9-17)11-18(23)22-14(2)19(24)21-13-16-5-4-10-20-12-16/h4-10,12,14H,3,11,13H2,1-2H3,(H,21,24)(H,22,23)/t14-/m0/s1. The zero-order valence-corrected chi connectivity index (χ0v) is 14.5. The predicted octanol–water partition coefficient (Wildman–Crippen LogP) is 1.84. The van der Waals surface area contributed by atoms with E-state index in [1.807, 2.05) is 43.3 Å². The van der Waals surface area contributed by atoms with E-state index in [9.17, 15) is 9.59 Å². The number of hydrogen-bond donors (Lipinski definition) is 2. The Labute approximate surface area is 147 Å². The summed E-state index contributed by atoms with van der Waals surface area (Å²) in [5.74, 6) is 0.340. The van der Waals surface area contributed by atoms with Gasteiger partial charge in [-0.3, -0.25) is 14.6 Å². The maximum Gasteiger partial charge on any atom is 0.242 e. The van der Waals surface area contributed by atoms with Gasteiger partial charge in [-0.15, -0.1) is 0 Å². The number of aromatic nitrogens is 1. The third-order valence-corrected chi connectivity index (χ3v) is 3.56. The fraction of sp³-hybridized carbons (Fsp3) is 0.316. The first kappa shape index (κ1) is 18.4. The number of amides is 2. The summed E-state index contributed by atoms with van der Waals surface area (Å²) in [5, 5.41) is 5.49. The van der Waals surface area contributed by atoms with Gasteiger partial charge in [0, 0.05) is 18.9 Å². The molecule has 2 aromatic rings. The Morgan fingerprint density at radius 3 is 2.56 bits per heavy atom. The van der Waals surface area contributed by atoms with Crippen molar-refractivity contribution in [2.45, 2.75) is 32.9 Å². The first-order valence-electron chi connectivity index (χ1n) is 8.26. The van der Waals surface area contributed by atoms with Crippen molar-refractivity contribution in [1.29, 1.82) is 0 Å². The summed E-state index contributed by atoms with van der Waals surface area (Å²) in [6, 6.07) is 10.4. The molecule has 2 rings (SSSR count). The molecular formula is C19H23N3O3. The number of nitrogens with zero attached hydrogens (tertiary/aromatic N) is 1. The SMILES string of the molecule is CCOc1ccc(CC(=O)N[C@@H](C)C(=O)NCc2cccnc2)cc1. The largest absolute Gasteiger partial charge is 0.494 e. The summed E-state index contributed by atoms with van der Waals surface area (Å²) in [6.45, 7) is 4.56. The van der Waals surface area contributed by atoms with Gasteiger partial charge in [0.2, 0.25) is 11.8 Å². The van der Waals surface area contributed by atoms with Gasteiger partial charge in [-0.05, 0) is 43.2 Å². The first-order chi connectivity index (χ1) is 12.1. The minimum Gasteiger partial charge on any atom is -0.494 e. The molecule has 0 aliphatic carbocycles. The van der Waals surface area contributed by atoms with Gasteiger partial charge in [0.05, 0.1) is 13.0 Å². The van der Waals surface area contributed by atoms with Gasteiger partial charge in [-0.2, -0.15) is 0 Å². The third-order valence-electron chi connectivity index (χ3n) is 3.56. The maximum atomic E-state index is 12.1. The summed E-state index contributed by atoms with van der Waals surface area (Å²) >= 11 is 0. The molecule has 25 heavy (non-hydrogen) atoms. The molecule has 1 aromatic heterocycles. The normalized spacial score (nSPS) is 11.4. The van der Waals surface area contributed by atoms with Crippen molar-refractivity contribution in [3.8, 4) is 5.75 Å². The molecule has 2 amide bonds. The maximum absolute atomic E-state index is 12.1. The summed E-state index contributed by atoms with van der Waals surface area (Å²) < 4.78 is 5.37. The highest BCUT2D eigenvalue weighted by Crippen LogP contribution is 2.12. The van der Waals surface area contributed by atoms with Crippen LogP contribution in [0.15, 0.2) is 48.8 Å². The molecule has 132 valence electrons. The number of nitrogens with one attached hydrogen (secondary N) is 2.